The number of hydrogen-bond acceptors (Lipinski definition) is 3. The Morgan fingerprint density at radius 1 is 1.36 bits per heavy atom. The molecular weight excluding hydrogens is 397 g/mol. The Morgan fingerprint density at radius 2 is 2.14 bits per heavy atom. The maximum atomic E-state index is 12.3. The van der Waals surface area contributed by atoms with Crippen molar-refractivity contribution in [3.05, 3.63) is 62.0 Å². The van der Waals surface area contributed by atoms with Gasteiger partial charge in [-0.3, -0.25) is 4.79 Å². The van der Waals surface area contributed by atoms with Gasteiger partial charge in [0.15, 0.2) is 0 Å². The Bertz CT molecular complexity index is 943. The standard InChI is InChI=1S/C15H12IN3O3/c1-18-5-10(17-8-18)6-19-7-12(15(21)22)14(20)11-4-9(16)2-3-13(11)19/h2-5,7-8H,6H2,1H3,(H,21,22). The van der Waals surface area contributed by atoms with E-state index in [1.165, 1.54) is 6.20 Å². The van der Waals surface area contributed by atoms with Crippen molar-refractivity contribution in [1.29, 1.82) is 0 Å². The van der Waals surface area contributed by atoms with E-state index in [9.17, 15) is 14.7 Å². The Morgan fingerprint density at radius 3 is 2.77 bits per heavy atom. The third kappa shape index (κ3) is 2.63. The average molecular weight is 409 g/mol. The summed E-state index contributed by atoms with van der Waals surface area (Å²) in [5, 5.41) is 9.66. The second-order valence-corrected chi connectivity index (χ2v) is 6.24. The number of pyridine rings is 1. The van der Waals surface area contributed by atoms with Crippen LogP contribution in [-0.2, 0) is 13.6 Å². The lowest BCUT2D eigenvalue weighted by Crippen LogP contribution is -2.19. The molecule has 0 aliphatic carbocycles. The lowest BCUT2D eigenvalue weighted by atomic mass is 10.1. The first-order chi connectivity index (χ1) is 10.5. The molecule has 0 saturated carbocycles. The van der Waals surface area contributed by atoms with Crippen LogP contribution in [-0.4, -0.2) is 25.2 Å². The van der Waals surface area contributed by atoms with Gasteiger partial charge >= 0.3 is 5.97 Å². The number of carboxylic acids is 1. The second kappa shape index (κ2) is 5.56. The van der Waals surface area contributed by atoms with Gasteiger partial charge in [0.25, 0.3) is 0 Å². The van der Waals surface area contributed by atoms with Gasteiger partial charge in [0.2, 0.25) is 5.43 Å². The number of aromatic carboxylic acids is 1. The molecule has 0 aliphatic heterocycles. The predicted octanol–water partition coefficient (Wildman–Crippen LogP) is 2.09. The number of carboxylic acid groups (broad SMARTS) is 1. The van der Waals surface area contributed by atoms with Crippen LogP contribution in [0.2, 0.25) is 0 Å². The predicted molar refractivity (Wildman–Crippen MR) is 90.2 cm³/mol. The molecule has 1 aromatic carbocycles. The summed E-state index contributed by atoms with van der Waals surface area (Å²) >= 11 is 2.10. The summed E-state index contributed by atoms with van der Waals surface area (Å²) < 4.78 is 4.45. The zero-order chi connectivity index (χ0) is 15.9. The number of benzene rings is 1. The fraction of sp³-hybridized carbons (Fsp3) is 0.133. The normalized spacial score (nSPS) is 11.0. The van der Waals surface area contributed by atoms with Crippen LogP contribution in [0.15, 0.2) is 41.7 Å². The van der Waals surface area contributed by atoms with E-state index < -0.39 is 11.4 Å². The lowest BCUT2D eigenvalue weighted by Gasteiger charge is -2.11. The highest BCUT2D eigenvalue weighted by Gasteiger charge is 2.15. The number of carbonyl (C=O) groups is 1. The molecule has 0 spiro atoms. The molecule has 22 heavy (non-hydrogen) atoms. The summed E-state index contributed by atoms with van der Waals surface area (Å²) in [4.78, 5) is 27.9. The Balaban J connectivity index is 2.26. The minimum absolute atomic E-state index is 0.231. The molecule has 2 heterocycles. The zero-order valence-electron chi connectivity index (χ0n) is 11.7. The van der Waals surface area contributed by atoms with Gasteiger partial charge in [-0.2, -0.15) is 0 Å². The molecule has 0 fully saturated rings. The summed E-state index contributed by atoms with van der Waals surface area (Å²) in [5.41, 5.74) is 0.798. The summed E-state index contributed by atoms with van der Waals surface area (Å²) in [7, 11) is 1.87. The van der Waals surface area contributed by atoms with Crippen LogP contribution < -0.4 is 5.43 Å². The molecule has 3 aromatic rings. The zero-order valence-corrected chi connectivity index (χ0v) is 13.8. The van der Waals surface area contributed by atoms with Gasteiger partial charge in [0.05, 0.1) is 24.1 Å². The van der Waals surface area contributed by atoms with Crippen LogP contribution in [0.1, 0.15) is 16.1 Å². The van der Waals surface area contributed by atoms with Crippen molar-refractivity contribution >= 4 is 39.5 Å². The van der Waals surface area contributed by atoms with Gasteiger partial charge in [-0.05, 0) is 40.8 Å². The second-order valence-electron chi connectivity index (χ2n) is 5.00. The van der Waals surface area contributed by atoms with Crippen LogP contribution in [0, 0.1) is 3.57 Å². The molecule has 0 bridgehead atoms. The van der Waals surface area contributed by atoms with Crippen molar-refractivity contribution < 1.29 is 9.90 Å². The largest absolute Gasteiger partial charge is 0.477 e. The van der Waals surface area contributed by atoms with E-state index >= 15 is 0 Å². The number of halogens is 1. The molecule has 112 valence electrons. The van der Waals surface area contributed by atoms with Crippen LogP contribution in [0.5, 0.6) is 0 Å². The summed E-state index contributed by atoms with van der Waals surface area (Å²) in [6.07, 6.45) is 4.92. The highest BCUT2D eigenvalue weighted by Crippen LogP contribution is 2.17. The fourth-order valence-electron chi connectivity index (χ4n) is 2.38. The number of imidazole rings is 1. The van der Waals surface area contributed by atoms with Gasteiger partial charge in [-0.15, -0.1) is 0 Å². The highest BCUT2D eigenvalue weighted by molar-refractivity contribution is 14.1. The Kier molecular flexibility index (Phi) is 3.73. The number of rotatable bonds is 3. The Hall–Kier alpha value is -2.16. The molecule has 7 heteroatoms. The Labute approximate surface area is 139 Å². The lowest BCUT2D eigenvalue weighted by molar-refractivity contribution is 0.0695. The van der Waals surface area contributed by atoms with E-state index in [0.717, 1.165) is 9.26 Å². The van der Waals surface area contributed by atoms with E-state index in [2.05, 4.69) is 27.6 Å². The topological polar surface area (TPSA) is 77.1 Å². The molecule has 0 amide bonds. The maximum Gasteiger partial charge on any atom is 0.341 e. The van der Waals surface area contributed by atoms with Crippen molar-refractivity contribution in [1.82, 2.24) is 14.1 Å². The van der Waals surface area contributed by atoms with Crippen LogP contribution in [0.3, 0.4) is 0 Å². The van der Waals surface area contributed by atoms with Crippen molar-refractivity contribution in [2.45, 2.75) is 6.54 Å². The van der Waals surface area contributed by atoms with E-state index in [1.807, 2.05) is 29.9 Å². The molecule has 3 rings (SSSR count). The number of nitrogens with zero attached hydrogens (tertiary/aromatic N) is 3. The monoisotopic (exact) mass is 409 g/mol. The minimum Gasteiger partial charge on any atom is -0.477 e. The smallest absolute Gasteiger partial charge is 0.341 e. The summed E-state index contributed by atoms with van der Waals surface area (Å²) in [6, 6.07) is 5.42. The van der Waals surface area contributed by atoms with E-state index in [-0.39, 0.29) is 5.56 Å². The third-order valence-electron chi connectivity index (χ3n) is 3.36. The summed E-state index contributed by atoms with van der Waals surface area (Å²) in [6.45, 7) is 0.401. The van der Waals surface area contributed by atoms with E-state index in [0.29, 0.717) is 17.4 Å². The molecular formula is C15H12IN3O3. The fourth-order valence-corrected chi connectivity index (χ4v) is 2.87. The molecule has 1 N–H and O–H groups in total. The molecule has 0 unspecified atom stereocenters. The minimum atomic E-state index is -1.22. The first kappa shape index (κ1) is 14.8. The number of fused-ring (bicyclic) bond motifs is 1. The van der Waals surface area contributed by atoms with Crippen molar-refractivity contribution in [2.24, 2.45) is 7.05 Å². The summed E-state index contributed by atoms with van der Waals surface area (Å²) in [5.74, 6) is -1.22. The SMILES string of the molecule is Cn1cnc(Cn2cc(C(=O)O)c(=O)c3cc(I)ccc32)c1. The number of aromatic nitrogens is 3. The molecule has 0 atom stereocenters. The molecule has 0 aliphatic rings. The van der Waals surface area contributed by atoms with Gasteiger partial charge < -0.3 is 14.2 Å². The molecule has 6 nitrogen and oxygen atoms in total. The molecule has 2 aromatic heterocycles. The van der Waals surface area contributed by atoms with Gasteiger partial charge in [0.1, 0.15) is 5.56 Å². The van der Waals surface area contributed by atoms with Crippen molar-refractivity contribution in [3.8, 4) is 0 Å². The number of aryl methyl sites for hydroxylation is 1. The van der Waals surface area contributed by atoms with E-state index in [4.69, 9.17) is 0 Å². The highest BCUT2D eigenvalue weighted by atomic mass is 127. The first-order valence-corrected chi connectivity index (χ1v) is 7.56. The maximum absolute atomic E-state index is 12.3. The first-order valence-electron chi connectivity index (χ1n) is 6.48. The van der Waals surface area contributed by atoms with Gasteiger partial charge in [0, 0.05) is 28.4 Å². The quantitative estimate of drug-likeness (QED) is 0.673. The molecule has 0 radical (unpaired) electrons. The average Bonchev–Trinajstić information content (AvgIpc) is 2.87. The van der Waals surface area contributed by atoms with Crippen LogP contribution in [0.4, 0.5) is 0 Å². The van der Waals surface area contributed by atoms with Gasteiger partial charge in [-0.25, -0.2) is 9.78 Å². The van der Waals surface area contributed by atoms with Gasteiger partial charge in [-0.1, -0.05) is 0 Å². The number of hydrogen-bond donors (Lipinski definition) is 1. The van der Waals surface area contributed by atoms with Crippen molar-refractivity contribution in [2.75, 3.05) is 0 Å². The molecule has 0 saturated heterocycles. The van der Waals surface area contributed by atoms with Crippen molar-refractivity contribution in [3.63, 3.8) is 0 Å². The third-order valence-corrected chi connectivity index (χ3v) is 4.03. The van der Waals surface area contributed by atoms with E-state index in [1.54, 1.807) is 17.0 Å². The van der Waals surface area contributed by atoms with Crippen LogP contribution in [0.25, 0.3) is 10.9 Å². The van der Waals surface area contributed by atoms with Crippen LogP contribution >= 0.6 is 22.6 Å².